The zero-order valence-electron chi connectivity index (χ0n) is 17.0. The van der Waals surface area contributed by atoms with Gasteiger partial charge in [0, 0.05) is 23.0 Å². The smallest absolute Gasteiger partial charge is 0.226 e. The second-order valence-corrected chi connectivity index (χ2v) is 8.98. The summed E-state index contributed by atoms with van der Waals surface area (Å²) in [7, 11) is 0. The van der Waals surface area contributed by atoms with Gasteiger partial charge in [-0.1, -0.05) is 65.4 Å². The Morgan fingerprint density at radius 2 is 1.88 bits per heavy atom. The van der Waals surface area contributed by atoms with E-state index in [1.54, 1.807) is 11.3 Å². The number of aromatic nitrogens is 1. The van der Waals surface area contributed by atoms with Crippen molar-refractivity contribution in [1.29, 1.82) is 0 Å². The molecule has 32 heavy (non-hydrogen) atoms. The molecule has 160 valence electrons. The summed E-state index contributed by atoms with van der Waals surface area (Å²) in [4.78, 5) is 18.0. The summed E-state index contributed by atoms with van der Waals surface area (Å²) in [5.41, 5.74) is 3.03. The average molecular weight is 462 g/mol. The molecule has 4 aromatic rings. The van der Waals surface area contributed by atoms with E-state index >= 15 is 0 Å². The first-order chi connectivity index (χ1) is 15.6. The molecule has 7 heteroatoms. The number of carbonyl (C=O) groups is 1. The summed E-state index contributed by atoms with van der Waals surface area (Å²) in [5, 5.41) is 7.69. The van der Waals surface area contributed by atoms with Crippen LogP contribution in [0.25, 0.3) is 0 Å². The van der Waals surface area contributed by atoms with Crippen LogP contribution in [0.2, 0.25) is 5.02 Å². The third-order valence-corrected chi connectivity index (χ3v) is 6.56. The monoisotopic (exact) mass is 461 g/mol. The lowest BCUT2D eigenvalue weighted by Crippen LogP contribution is -2.22. The summed E-state index contributed by atoms with van der Waals surface area (Å²) in [6, 6.07) is 25.4. The van der Waals surface area contributed by atoms with Gasteiger partial charge in [0.25, 0.3) is 0 Å². The van der Waals surface area contributed by atoms with Crippen molar-refractivity contribution in [3.05, 3.63) is 99.9 Å². The van der Waals surface area contributed by atoms with Gasteiger partial charge in [-0.05, 0) is 47.5 Å². The number of nitrogens with zero attached hydrogens (tertiary/aromatic N) is 1. The number of thiazole rings is 1. The van der Waals surface area contributed by atoms with Crippen LogP contribution in [0.3, 0.4) is 0 Å². The third-order valence-electron chi connectivity index (χ3n) is 5.22. The van der Waals surface area contributed by atoms with Crippen molar-refractivity contribution in [2.75, 3.05) is 10.6 Å². The number of amides is 1. The minimum absolute atomic E-state index is 0.0356. The van der Waals surface area contributed by atoms with Gasteiger partial charge >= 0.3 is 0 Å². The predicted octanol–water partition coefficient (Wildman–Crippen LogP) is 6.59. The van der Waals surface area contributed by atoms with E-state index in [0.29, 0.717) is 23.9 Å². The van der Waals surface area contributed by atoms with Crippen LogP contribution in [0.1, 0.15) is 28.3 Å². The Morgan fingerprint density at radius 3 is 2.69 bits per heavy atom. The van der Waals surface area contributed by atoms with Crippen molar-refractivity contribution in [2.24, 2.45) is 0 Å². The van der Waals surface area contributed by atoms with E-state index in [0.717, 1.165) is 32.6 Å². The predicted molar refractivity (Wildman–Crippen MR) is 129 cm³/mol. The SMILES string of the molecule is O=C1C[C@@H](c2cccc(OCc3ccc(Cl)cc3)c2)c2sc(Nc3ccccc3)nc2N1. The standard InChI is InChI=1S/C25H20ClN3O2S/c26-18-11-9-16(10-12-18)15-31-20-8-4-5-17(13-20)21-14-22(30)28-24-23(21)32-25(29-24)27-19-6-2-1-3-7-19/h1-13,21H,14-15H2,(H,27,29)(H,28,30)/t21-/m0/s1. The summed E-state index contributed by atoms with van der Waals surface area (Å²) in [6.45, 7) is 0.447. The lowest BCUT2D eigenvalue weighted by atomic mass is 9.91. The number of hydrogen-bond donors (Lipinski definition) is 2. The summed E-state index contributed by atoms with van der Waals surface area (Å²) < 4.78 is 5.99. The number of para-hydroxylation sites is 1. The molecule has 0 saturated heterocycles. The van der Waals surface area contributed by atoms with E-state index in [1.807, 2.05) is 78.9 Å². The maximum Gasteiger partial charge on any atom is 0.226 e. The number of fused-ring (bicyclic) bond motifs is 1. The number of halogens is 1. The minimum Gasteiger partial charge on any atom is -0.489 e. The second kappa shape index (κ2) is 9.02. The van der Waals surface area contributed by atoms with Gasteiger partial charge in [0.1, 0.15) is 18.2 Å². The average Bonchev–Trinajstić information content (AvgIpc) is 3.21. The fourth-order valence-corrected chi connectivity index (χ4v) is 4.85. The molecule has 1 atom stereocenters. The normalized spacial score (nSPS) is 15.0. The summed E-state index contributed by atoms with van der Waals surface area (Å²) >= 11 is 7.52. The van der Waals surface area contributed by atoms with Crippen LogP contribution < -0.4 is 15.4 Å². The molecule has 0 aliphatic carbocycles. The van der Waals surface area contributed by atoms with Gasteiger partial charge < -0.3 is 15.4 Å². The van der Waals surface area contributed by atoms with Crippen molar-refractivity contribution in [3.63, 3.8) is 0 Å². The van der Waals surface area contributed by atoms with E-state index < -0.39 is 0 Å². The molecule has 0 unspecified atom stereocenters. The van der Waals surface area contributed by atoms with Crippen LogP contribution in [0.5, 0.6) is 5.75 Å². The maximum absolute atomic E-state index is 12.4. The van der Waals surface area contributed by atoms with Gasteiger partial charge in [-0.15, -0.1) is 0 Å². The maximum atomic E-state index is 12.4. The van der Waals surface area contributed by atoms with E-state index in [1.165, 1.54) is 0 Å². The molecule has 5 rings (SSSR count). The highest BCUT2D eigenvalue weighted by Gasteiger charge is 2.30. The molecule has 2 N–H and O–H groups in total. The lowest BCUT2D eigenvalue weighted by Gasteiger charge is -2.22. The summed E-state index contributed by atoms with van der Waals surface area (Å²) in [6.07, 6.45) is 0.376. The van der Waals surface area contributed by atoms with Crippen LogP contribution in [0, 0.1) is 0 Å². The van der Waals surface area contributed by atoms with Gasteiger partial charge in [0.15, 0.2) is 5.13 Å². The summed E-state index contributed by atoms with van der Waals surface area (Å²) in [5.74, 6) is 1.28. The Labute approximate surface area is 195 Å². The molecule has 3 aromatic carbocycles. The number of nitrogens with one attached hydrogen (secondary N) is 2. The first-order valence-electron chi connectivity index (χ1n) is 10.2. The minimum atomic E-state index is -0.0679. The van der Waals surface area contributed by atoms with Crippen molar-refractivity contribution in [1.82, 2.24) is 4.98 Å². The highest BCUT2D eigenvalue weighted by Crippen LogP contribution is 2.43. The molecule has 0 spiro atoms. The molecule has 1 amide bonds. The molecular formula is C25H20ClN3O2S. The Balaban J connectivity index is 1.37. The van der Waals surface area contributed by atoms with Crippen LogP contribution in [-0.2, 0) is 11.4 Å². The van der Waals surface area contributed by atoms with Gasteiger partial charge in [-0.3, -0.25) is 4.79 Å². The number of ether oxygens (including phenoxy) is 1. The van der Waals surface area contributed by atoms with E-state index in [-0.39, 0.29) is 11.8 Å². The number of benzene rings is 3. The van der Waals surface area contributed by atoms with Gasteiger partial charge in [0.2, 0.25) is 5.91 Å². The highest BCUT2D eigenvalue weighted by molar-refractivity contribution is 7.16. The number of carbonyl (C=O) groups excluding carboxylic acids is 1. The lowest BCUT2D eigenvalue weighted by molar-refractivity contribution is -0.116. The molecule has 5 nitrogen and oxygen atoms in total. The van der Waals surface area contributed by atoms with E-state index in [9.17, 15) is 4.79 Å². The highest BCUT2D eigenvalue weighted by atomic mass is 35.5. The molecule has 2 heterocycles. The van der Waals surface area contributed by atoms with Crippen molar-refractivity contribution >= 4 is 45.5 Å². The van der Waals surface area contributed by atoms with Crippen LogP contribution in [0.15, 0.2) is 78.9 Å². The molecule has 1 aromatic heterocycles. The van der Waals surface area contributed by atoms with Gasteiger partial charge in [0.05, 0.1) is 4.88 Å². The molecule has 0 radical (unpaired) electrons. The van der Waals surface area contributed by atoms with Crippen molar-refractivity contribution in [3.8, 4) is 5.75 Å². The number of rotatable bonds is 6. The molecule has 0 bridgehead atoms. The second-order valence-electron chi connectivity index (χ2n) is 7.52. The van der Waals surface area contributed by atoms with Crippen LogP contribution in [-0.4, -0.2) is 10.9 Å². The molecular weight excluding hydrogens is 442 g/mol. The largest absolute Gasteiger partial charge is 0.489 e. The van der Waals surface area contributed by atoms with Gasteiger partial charge in [-0.25, -0.2) is 4.98 Å². The Kier molecular flexibility index (Phi) is 5.79. The van der Waals surface area contributed by atoms with E-state index in [2.05, 4.69) is 15.6 Å². The quantitative estimate of drug-likeness (QED) is 0.340. The molecule has 0 fully saturated rings. The first kappa shape index (κ1) is 20.5. The Bertz CT molecular complexity index is 1240. The van der Waals surface area contributed by atoms with Crippen LogP contribution >= 0.6 is 22.9 Å². The molecule has 0 saturated carbocycles. The first-order valence-corrected chi connectivity index (χ1v) is 11.4. The topological polar surface area (TPSA) is 63.2 Å². The fourth-order valence-electron chi connectivity index (χ4n) is 3.65. The van der Waals surface area contributed by atoms with E-state index in [4.69, 9.17) is 16.3 Å². The molecule has 1 aliphatic rings. The fraction of sp³-hybridized carbons (Fsp3) is 0.120. The number of hydrogen-bond acceptors (Lipinski definition) is 5. The Morgan fingerprint density at radius 1 is 1.06 bits per heavy atom. The Hall–Kier alpha value is -3.35. The zero-order chi connectivity index (χ0) is 21.9. The zero-order valence-corrected chi connectivity index (χ0v) is 18.6. The van der Waals surface area contributed by atoms with Crippen molar-refractivity contribution in [2.45, 2.75) is 18.9 Å². The van der Waals surface area contributed by atoms with Crippen LogP contribution in [0.4, 0.5) is 16.6 Å². The number of anilines is 3. The van der Waals surface area contributed by atoms with Crippen molar-refractivity contribution < 1.29 is 9.53 Å². The third kappa shape index (κ3) is 4.61. The van der Waals surface area contributed by atoms with Gasteiger partial charge in [-0.2, -0.15) is 0 Å². The molecule has 1 aliphatic heterocycles.